The number of guanidine groups is 1. The first-order chi connectivity index (χ1) is 12.7. The van der Waals surface area contributed by atoms with Gasteiger partial charge in [-0.2, -0.15) is 0 Å². The van der Waals surface area contributed by atoms with Crippen molar-refractivity contribution in [2.45, 2.75) is 32.4 Å². The number of nitrogens with one attached hydrogen (secondary N) is 2. The first-order valence-electron chi connectivity index (χ1n) is 9.06. The van der Waals surface area contributed by atoms with E-state index in [9.17, 15) is 4.21 Å². The summed E-state index contributed by atoms with van der Waals surface area (Å²) in [5.74, 6) is 1.93. The van der Waals surface area contributed by atoms with Gasteiger partial charge >= 0.3 is 0 Å². The van der Waals surface area contributed by atoms with Gasteiger partial charge in [-0.3, -0.25) is 9.20 Å². The van der Waals surface area contributed by atoms with Crippen molar-refractivity contribution in [1.82, 2.24) is 15.6 Å². The van der Waals surface area contributed by atoms with Crippen molar-refractivity contribution in [3.8, 4) is 0 Å². The Bertz CT molecular complexity index is 707. The van der Waals surface area contributed by atoms with E-state index < -0.39 is 10.8 Å². The third kappa shape index (κ3) is 9.66. The standard InChI is InChI=1S/C19H28N4OS2.HI/c1-3-17-14-23-18(25-17)10-11-21-19(20-4-2)22-12-13-26(24)15-16-8-6-5-7-9-16;/h5-9,14H,3-4,10-13,15H2,1-2H3,(H2,20,21,22);1H. The molecular formula is C19H29IN4OS2. The number of thiazole rings is 1. The van der Waals surface area contributed by atoms with Crippen molar-refractivity contribution in [3.63, 3.8) is 0 Å². The van der Waals surface area contributed by atoms with E-state index in [4.69, 9.17) is 0 Å². The lowest BCUT2D eigenvalue weighted by Crippen LogP contribution is -2.38. The predicted octanol–water partition coefficient (Wildman–Crippen LogP) is 3.37. The quantitative estimate of drug-likeness (QED) is 0.287. The number of benzene rings is 1. The molecule has 27 heavy (non-hydrogen) atoms. The Hall–Kier alpha value is -1.00. The average Bonchev–Trinajstić information content (AvgIpc) is 3.10. The maximum absolute atomic E-state index is 12.2. The first-order valence-corrected chi connectivity index (χ1v) is 11.4. The maximum Gasteiger partial charge on any atom is 0.191 e. The fourth-order valence-corrected chi connectivity index (χ4v) is 4.21. The van der Waals surface area contributed by atoms with Gasteiger partial charge in [0.15, 0.2) is 5.96 Å². The molecule has 0 amide bonds. The topological polar surface area (TPSA) is 66.4 Å². The van der Waals surface area contributed by atoms with Crippen LogP contribution in [0.2, 0.25) is 0 Å². The molecule has 0 radical (unpaired) electrons. The Morgan fingerprint density at radius 3 is 2.67 bits per heavy atom. The highest BCUT2D eigenvalue weighted by molar-refractivity contribution is 14.0. The van der Waals surface area contributed by atoms with E-state index in [0.717, 1.165) is 42.5 Å². The van der Waals surface area contributed by atoms with Crippen LogP contribution in [-0.4, -0.2) is 40.5 Å². The van der Waals surface area contributed by atoms with Crippen LogP contribution < -0.4 is 10.6 Å². The number of aryl methyl sites for hydroxylation is 1. The van der Waals surface area contributed by atoms with E-state index in [1.54, 1.807) is 11.3 Å². The molecule has 0 spiro atoms. The van der Waals surface area contributed by atoms with E-state index in [1.165, 1.54) is 4.88 Å². The molecule has 8 heteroatoms. The van der Waals surface area contributed by atoms with Gasteiger partial charge in [0.1, 0.15) is 0 Å². The van der Waals surface area contributed by atoms with E-state index in [2.05, 4.69) is 27.5 Å². The van der Waals surface area contributed by atoms with Gasteiger partial charge in [-0.1, -0.05) is 37.3 Å². The third-order valence-electron chi connectivity index (χ3n) is 3.68. The molecule has 2 rings (SSSR count). The summed E-state index contributed by atoms with van der Waals surface area (Å²) < 4.78 is 12.2. The Kier molecular flexibility index (Phi) is 12.5. The number of rotatable bonds is 10. The number of aromatic nitrogens is 1. The minimum absolute atomic E-state index is 0. The van der Waals surface area contributed by atoms with Crippen LogP contribution in [0, 0.1) is 0 Å². The van der Waals surface area contributed by atoms with Crippen LogP contribution in [0.5, 0.6) is 0 Å². The van der Waals surface area contributed by atoms with Crippen LogP contribution in [0.25, 0.3) is 0 Å². The van der Waals surface area contributed by atoms with Gasteiger partial charge in [0.05, 0.1) is 11.6 Å². The maximum atomic E-state index is 12.2. The molecular weight excluding hydrogens is 491 g/mol. The molecule has 0 aliphatic heterocycles. The SMILES string of the molecule is CCNC(=NCCS(=O)Cc1ccccc1)NCCc1ncc(CC)s1.I. The molecule has 2 N–H and O–H groups in total. The zero-order valence-electron chi connectivity index (χ0n) is 15.9. The van der Waals surface area contributed by atoms with Crippen molar-refractivity contribution in [2.24, 2.45) is 4.99 Å². The van der Waals surface area contributed by atoms with Gasteiger partial charge in [0.2, 0.25) is 0 Å². The minimum Gasteiger partial charge on any atom is -0.357 e. The van der Waals surface area contributed by atoms with Gasteiger partial charge in [-0.25, -0.2) is 4.98 Å². The lowest BCUT2D eigenvalue weighted by molar-refractivity contribution is 0.682. The van der Waals surface area contributed by atoms with Crippen LogP contribution in [0.1, 0.15) is 29.3 Å². The summed E-state index contributed by atoms with van der Waals surface area (Å²) >= 11 is 1.77. The highest BCUT2D eigenvalue weighted by Gasteiger charge is 2.04. The summed E-state index contributed by atoms with van der Waals surface area (Å²) in [5, 5.41) is 7.71. The molecule has 1 aromatic carbocycles. The van der Waals surface area contributed by atoms with Crippen molar-refractivity contribution in [3.05, 3.63) is 52.0 Å². The minimum atomic E-state index is -0.896. The van der Waals surface area contributed by atoms with Crippen LogP contribution in [0.3, 0.4) is 0 Å². The van der Waals surface area contributed by atoms with Crippen LogP contribution in [0.15, 0.2) is 41.5 Å². The second-order valence-electron chi connectivity index (χ2n) is 5.79. The van der Waals surface area contributed by atoms with Gasteiger partial charge in [0, 0.05) is 52.9 Å². The average molecular weight is 521 g/mol. The number of hydrogen-bond acceptors (Lipinski definition) is 4. The highest BCUT2D eigenvalue weighted by atomic mass is 127. The summed E-state index contributed by atoms with van der Waals surface area (Å²) in [6.45, 7) is 6.32. The monoisotopic (exact) mass is 520 g/mol. The van der Waals surface area contributed by atoms with Crippen molar-refractivity contribution >= 4 is 52.1 Å². The molecule has 5 nitrogen and oxygen atoms in total. The number of aliphatic imine (C=N–C) groups is 1. The van der Waals surface area contributed by atoms with Gasteiger partial charge in [-0.15, -0.1) is 35.3 Å². The van der Waals surface area contributed by atoms with Crippen molar-refractivity contribution < 1.29 is 4.21 Å². The lowest BCUT2D eigenvalue weighted by Gasteiger charge is -2.10. The molecule has 150 valence electrons. The zero-order valence-corrected chi connectivity index (χ0v) is 19.9. The van der Waals surface area contributed by atoms with Gasteiger partial charge in [0.25, 0.3) is 0 Å². The number of halogens is 1. The Morgan fingerprint density at radius 1 is 1.22 bits per heavy atom. The second kappa shape index (κ2) is 14.1. The van der Waals surface area contributed by atoms with Crippen molar-refractivity contribution in [2.75, 3.05) is 25.4 Å². The van der Waals surface area contributed by atoms with Gasteiger partial charge in [-0.05, 0) is 18.9 Å². The Morgan fingerprint density at radius 2 is 2.00 bits per heavy atom. The second-order valence-corrected chi connectivity index (χ2v) is 8.56. The van der Waals surface area contributed by atoms with E-state index in [1.807, 2.05) is 43.5 Å². The molecule has 0 bridgehead atoms. The summed E-state index contributed by atoms with van der Waals surface area (Å²) in [6.07, 6.45) is 3.88. The fraction of sp³-hybridized carbons (Fsp3) is 0.474. The highest BCUT2D eigenvalue weighted by Crippen LogP contribution is 2.13. The van der Waals surface area contributed by atoms with Crippen LogP contribution in [-0.2, 0) is 29.4 Å². The zero-order chi connectivity index (χ0) is 18.6. The predicted molar refractivity (Wildman–Crippen MR) is 128 cm³/mol. The lowest BCUT2D eigenvalue weighted by atomic mass is 10.2. The molecule has 1 atom stereocenters. The molecule has 0 fully saturated rings. The molecule has 0 aliphatic rings. The number of hydrogen-bond donors (Lipinski definition) is 2. The molecule has 1 aromatic heterocycles. The molecule has 0 saturated heterocycles. The Labute approximate surface area is 186 Å². The molecule has 1 unspecified atom stereocenters. The molecule has 2 aromatic rings. The normalized spacial score (nSPS) is 12.3. The van der Waals surface area contributed by atoms with Crippen LogP contribution >= 0.6 is 35.3 Å². The Balaban J connectivity index is 0.00000364. The largest absolute Gasteiger partial charge is 0.357 e. The van der Waals surface area contributed by atoms with E-state index >= 15 is 0 Å². The summed E-state index contributed by atoms with van der Waals surface area (Å²) in [7, 11) is -0.896. The van der Waals surface area contributed by atoms with Crippen LogP contribution in [0.4, 0.5) is 0 Å². The molecule has 0 saturated carbocycles. The summed E-state index contributed by atoms with van der Waals surface area (Å²) in [6, 6.07) is 9.94. The number of nitrogens with zero attached hydrogens (tertiary/aromatic N) is 2. The van der Waals surface area contributed by atoms with E-state index in [-0.39, 0.29) is 24.0 Å². The first kappa shape index (κ1) is 24.0. The summed E-state index contributed by atoms with van der Waals surface area (Å²) in [5.41, 5.74) is 1.11. The molecule has 1 heterocycles. The van der Waals surface area contributed by atoms with E-state index in [0.29, 0.717) is 18.1 Å². The van der Waals surface area contributed by atoms with Gasteiger partial charge < -0.3 is 10.6 Å². The smallest absolute Gasteiger partial charge is 0.191 e. The van der Waals surface area contributed by atoms with Crippen molar-refractivity contribution in [1.29, 1.82) is 0 Å². The summed E-state index contributed by atoms with van der Waals surface area (Å²) in [4.78, 5) is 10.3. The fourth-order valence-electron chi connectivity index (χ4n) is 2.35. The third-order valence-corrected chi connectivity index (χ3v) is 6.18. The molecule has 0 aliphatic carbocycles.